The van der Waals surface area contributed by atoms with Gasteiger partial charge in [0.15, 0.2) is 0 Å². The van der Waals surface area contributed by atoms with E-state index in [0.717, 1.165) is 26.1 Å². The fourth-order valence-electron chi connectivity index (χ4n) is 4.65. The number of benzene rings is 1. The second-order valence-electron chi connectivity index (χ2n) is 7.12. The summed E-state index contributed by atoms with van der Waals surface area (Å²) in [7, 11) is 2.27. The van der Waals surface area contributed by atoms with Gasteiger partial charge in [-0.3, -0.25) is 0 Å². The molecule has 1 aliphatic heterocycles. The summed E-state index contributed by atoms with van der Waals surface area (Å²) in [6.07, 6.45) is 5.21. The largest absolute Gasteiger partial charge is 0.361 e. The number of aromatic nitrogens is 1. The lowest BCUT2D eigenvalue weighted by Crippen LogP contribution is -2.49. The molecule has 4 rings (SSSR count). The van der Waals surface area contributed by atoms with E-state index >= 15 is 0 Å². The summed E-state index contributed by atoms with van der Waals surface area (Å²) in [6, 6.07) is 9.54. The molecule has 1 aliphatic carbocycles. The Bertz CT molecular complexity index is 741. The van der Waals surface area contributed by atoms with Crippen LogP contribution in [0.2, 0.25) is 0 Å². The Morgan fingerprint density at radius 3 is 3.22 bits per heavy atom. The molecular weight excluding hydrogens is 284 g/mol. The Labute approximate surface area is 137 Å². The predicted molar refractivity (Wildman–Crippen MR) is 92.4 cm³/mol. The molecule has 1 aromatic heterocycles. The van der Waals surface area contributed by atoms with Crippen molar-refractivity contribution >= 4 is 10.9 Å². The van der Waals surface area contributed by atoms with Gasteiger partial charge < -0.3 is 15.2 Å². The van der Waals surface area contributed by atoms with Crippen molar-refractivity contribution in [3.63, 3.8) is 0 Å². The molecule has 0 unspecified atom stereocenters. The van der Waals surface area contributed by atoms with Gasteiger partial charge in [-0.15, -0.1) is 0 Å². The van der Waals surface area contributed by atoms with Crippen LogP contribution in [-0.2, 0) is 6.42 Å². The predicted octanol–water partition coefficient (Wildman–Crippen LogP) is 2.63. The summed E-state index contributed by atoms with van der Waals surface area (Å²) in [5, 5.41) is 13.6. The van der Waals surface area contributed by atoms with Gasteiger partial charge in [0.1, 0.15) is 0 Å². The third kappa shape index (κ3) is 2.54. The van der Waals surface area contributed by atoms with Gasteiger partial charge in [0.05, 0.1) is 6.07 Å². The number of aromatic amines is 1. The van der Waals surface area contributed by atoms with E-state index in [2.05, 4.69) is 52.7 Å². The third-order valence-electron chi connectivity index (χ3n) is 5.66. The zero-order valence-electron chi connectivity index (χ0n) is 13.7. The number of nitriles is 1. The van der Waals surface area contributed by atoms with Crippen LogP contribution in [0, 0.1) is 17.2 Å². The summed E-state index contributed by atoms with van der Waals surface area (Å²) < 4.78 is 0. The number of H-pyrrole nitrogens is 1. The van der Waals surface area contributed by atoms with Gasteiger partial charge in [-0.25, -0.2) is 0 Å². The van der Waals surface area contributed by atoms with Crippen molar-refractivity contribution in [1.29, 1.82) is 5.26 Å². The van der Waals surface area contributed by atoms with E-state index in [-0.39, 0.29) is 0 Å². The Hall–Kier alpha value is -1.83. The van der Waals surface area contributed by atoms with Gasteiger partial charge in [0.2, 0.25) is 0 Å². The van der Waals surface area contributed by atoms with Crippen LogP contribution in [0.4, 0.5) is 0 Å². The van der Waals surface area contributed by atoms with Crippen molar-refractivity contribution < 1.29 is 0 Å². The smallest absolute Gasteiger partial charge is 0.0635 e. The first-order valence-corrected chi connectivity index (χ1v) is 8.64. The van der Waals surface area contributed by atoms with Crippen molar-refractivity contribution in [2.75, 3.05) is 26.7 Å². The van der Waals surface area contributed by atoms with Gasteiger partial charge in [0.25, 0.3) is 0 Å². The molecule has 0 amide bonds. The minimum Gasteiger partial charge on any atom is -0.361 e. The molecule has 3 atom stereocenters. The fourth-order valence-corrected chi connectivity index (χ4v) is 4.65. The Morgan fingerprint density at radius 1 is 1.43 bits per heavy atom. The fraction of sp³-hybridized carbons (Fsp3) is 0.526. The topological polar surface area (TPSA) is 54.9 Å². The normalized spacial score (nSPS) is 26.9. The van der Waals surface area contributed by atoms with E-state index in [0.29, 0.717) is 24.3 Å². The molecule has 1 saturated heterocycles. The standard InChI is InChI=1S/C19H24N4/c1-23-12-13(10-21-7-3-6-20)8-16-15-4-2-5-17-19(15)14(11-22-17)9-18(16)23/h2,4-5,11,13,16,18,21-22H,3,7-10,12H2,1H3/t13-,16+,18+/m0/s1. The molecule has 4 nitrogen and oxygen atoms in total. The lowest BCUT2D eigenvalue weighted by molar-refractivity contribution is 0.111. The second kappa shape index (κ2) is 5.99. The van der Waals surface area contributed by atoms with Crippen LogP contribution in [0.25, 0.3) is 10.9 Å². The molecule has 23 heavy (non-hydrogen) atoms. The summed E-state index contributed by atoms with van der Waals surface area (Å²) in [5.41, 5.74) is 4.30. The number of likely N-dealkylation sites (tertiary alicyclic amines) is 1. The molecular formula is C19H24N4. The quantitative estimate of drug-likeness (QED) is 0.854. The van der Waals surface area contributed by atoms with Crippen LogP contribution in [0.1, 0.15) is 29.9 Å². The molecule has 2 aromatic rings. The highest BCUT2D eigenvalue weighted by Crippen LogP contribution is 2.44. The Morgan fingerprint density at radius 2 is 2.35 bits per heavy atom. The molecule has 1 fully saturated rings. The van der Waals surface area contributed by atoms with Crippen molar-refractivity contribution in [1.82, 2.24) is 15.2 Å². The van der Waals surface area contributed by atoms with Crippen molar-refractivity contribution in [3.05, 3.63) is 35.5 Å². The zero-order valence-corrected chi connectivity index (χ0v) is 13.7. The molecule has 2 aliphatic rings. The maximum atomic E-state index is 8.66. The highest BCUT2D eigenvalue weighted by atomic mass is 15.2. The maximum absolute atomic E-state index is 8.66. The van der Waals surface area contributed by atoms with Gasteiger partial charge in [0, 0.05) is 48.6 Å². The van der Waals surface area contributed by atoms with Gasteiger partial charge in [-0.05, 0) is 49.5 Å². The van der Waals surface area contributed by atoms with E-state index in [1.165, 1.54) is 28.5 Å². The molecule has 1 aromatic carbocycles. The molecule has 120 valence electrons. The van der Waals surface area contributed by atoms with Gasteiger partial charge in [-0.1, -0.05) is 12.1 Å². The molecule has 0 saturated carbocycles. The van der Waals surface area contributed by atoms with Crippen LogP contribution in [0.5, 0.6) is 0 Å². The first kappa shape index (κ1) is 14.7. The average Bonchev–Trinajstić information content (AvgIpc) is 2.97. The van der Waals surface area contributed by atoms with E-state index in [1.807, 2.05) is 0 Å². The van der Waals surface area contributed by atoms with E-state index in [4.69, 9.17) is 5.26 Å². The molecule has 2 heterocycles. The minimum atomic E-state index is 0.598. The van der Waals surface area contributed by atoms with Crippen molar-refractivity contribution in [3.8, 4) is 6.07 Å². The van der Waals surface area contributed by atoms with Gasteiger partial charge >= 0.3 is 0 Å². The number of hydrogen-bond donors (Lipinski definition) is 2. The first-order chi connectivity index (χ1) is 11.3. The summed E-state index contributed by atoms with van der Waals surface area (Å²) >= 11 is 0. The SMILES string of the molecule is CN1C[C@H](CNCCC#N)C[C@@H]2c3cccc4[nH]cc(c34)C[C@H]21. The molecule has 0 radical (unpaired) electrons. The Kier molecular flexibility index (Phi) is 3.84. The first-order valence-electron chi connectivity index (χ1n) is 8.64. The van der Waals surface area contributed by atoms with Crippen LogP contribution < -0.4 is 5.32 Å². The maximum Gasteiger partial charge on any atom is 0.0635 e. The van der Waals surface area contributed by atoms with Gasteiger partial charge in [-0.2, -0.15) is 5.26 Å². The zero-order chi connectivity index (χ0) is 15.8. The second-order valence-corrected chi connectivity index (χ2v) is 7.12. The van der Waals surface area contributed by atoms with Crippen molar-refractivity contribution in [2.24, 2.45) is 5.92 Å². The van der Waals surface area contributed by atoms with Crippen molar-refractivity contribution in [2.45, 2.75) is 31.2 Å². The molecule has 0 spiro atoms. The number of nitrogens with one attached hydrogen (secondary N) is 2. The summed E-state index contributed by atoms with van der Waals surface area (Å²) in [4.78, 5) is 6.00. The van der Waals surface area contributed by atoms with Crippen LogP contribution >= 0.6 is 0 Å². The number of piperidine rings is 1. The van der Waals surface area contributed by atoms with Crippen LogP contribution in [0.3, 0.4) is 0 Å². The summed E-state index contributed by atoms with van der Waals surface area (Å²) in [5.74, 6) is 1.29. The lowest BCUT2D eigenvalue weighted by atomic mass is 9.72. The minimum absolute atomic E-state index is 0.598. The van der Waals surface area contributed by atoms with E-state index < -0.39 is 0 Å². The number of rotatable bonds is 4. The number of hydrogen-bond acceptors (Lipinski definition) is 3. The van der Waals surface area contributed by atoms with Crippen LogP contribution in [0.15, 0.2) is 24.4 Å². The number of nitrogens with zero attached hydrogens (tertiary/aromatic N) is 2. The molecule has 0 bridgehead atoms. The molecule has 2 N–H and O–H groups in total. The third-order valence-corrected chi connectivity index (χ3v) is 5.66. The lowest BCUT2D eigenvalue weighted by Gasteiger charge is -2.45. The monoisotopic (exact) mass is 308 g/mol. The highest BCUT2D eigenvalue weighted by molar-refractivity contribution is 5.88. The van der Waals surface area contributed by atoms with E-state index in [1.54, 1.807) is 0 Å². The average molecular weight is 308 g/mol. The molecule has 4 heteroatoms. The Balaban J connectivity index is 1.57. The van der Waals surface area contributed by atoms with E-state index in [9.17, 15) is 0 Å². The summed E-state index contributed by atoms with van der Waals surface area (Å²) in [6.45, 7) is 2.98. The highest BCUT2D eigenvalue weighted by Gasteiger charge is 2.39. The van der Waals surface area contributed by atoms with Crippen LogP contribution in [-0.4, -0.2) is 42.6 Å². The number of likely N-dealkylation sites (N-methyl/N-ethyl adjacent to an activating group) is 1. The number of fused-ring (bicyclic) bond motifs is 2.